The number of hydrogen-bond acceptors (Lipinski definition) is 3. The topological polar surface area (TPSA) is 46.2 Å². The third-order valence-corrected chi connectivity index (χ3v) is 8.22. The summed E-state index contributed by atoms with van der Waals surface area (Å²) in [4.78, 5) is 0. The van der Waals surface area contributed by atoms with Gasteiger partial charge in [-0.25, -0.2) is 8.42 Å². The van der Waals surface area contributed by atoms with E-state index in [1.165, 1.54) is 36.0 Å². The van der Waals surface area contributed by atoms with Gasteiger partial charge in [-0.1, -0.05) is 55.5 Å². The zero-order chi connectivity index (χ0) is 20.3. The number of benzene rings is 2. The van der Waals surface area contributed by atoms with E-state index < -0.39 is 9.84 Å². The first kappa shape index (κ1) is 20.6. The average Bonchev–Trinajstić information content (AvgIpc) is 3.53. The fourth-order valence-corrected chi connectivity index (χ4v) is 6.03. The molecule has 0 aromatic heterocycles. The molecule has 0 bridgehead atoms. The minimum atomic E-state index is -2.94. The first-order chi connectivity index (χ1) is 14.0. The molecule has 1 N–H and O–H groups in total. The Morgan fingerprint density at radius 2 is 1.76 bits per heavy atom. The van der Waals surface area contributed by atoms with Crippen LogP contribution in [0, 0.1) is 0 Å². The number of nitrogens with one attached hydrogen (secondary N) is 1. The Morgan fingerprint density at radius 3 is 2.48 bits per heavy atom. The van der Waals surface area contributed by atoms with Gasteiger partial charge >= 0.3 is 0 Å². The second-order valence-corrected chi connectivity index (χ2v) is 11.1. The van der Waals surface area contributed by atoms with Gasteiger partial charge in [-0.05, 0) is 67.2 Å². The van der Waals surface area contributed by atoms with Crippen molar-refractivity contribution in [1.29, 1.82) is 0 Å². The fraction of sp³-hybridized carbons (Fsp3) is 0.520. The lowest BCUT2D eigenvalue weighted by Gasteiger charge is -2.35. The fourth-order valence-electron chi connectivity index (χ4n) is 4.66. The molecule has 0 spiro atoms. The van der Waals surface area contributed by atoms with E-state index in [1.54, 1.807) is 0 Å². The third kappa shape index (κ3) is 5.49. The van der Waals surface area contributed by atoms with Crippen molar-refractivity contribution in [3.8, 4) is 0 Å². The molecule has 1 saturated carbocycles. The summed E-state index contributed by atoms with van der Waals surface area (Å²) in [6.45, 7) is 1.93. The molecular weight excluding hydrogens is 378 g/mol. The number of fused-ring (bicyclic) bond motifs is 1. The Bertz CT molecular complexity index is 919. The van der Waals surface area contributed by atoms with Crippen LogP contribution in [0.3, 0.4) is 0 Å². The molecule has 3 nitrogen and oxygen atoms in total. The van der Waals surface area contributed by atoms with Crippen LogP contribution in [0.1, 0.15) is 60.8 Å². The van der Waals surface area contributed by atoms with Crippen molar-refractivity contribution in [3.05, 3.63) is 70.8 Å². The largest absolute Gasteiger partial charge is 0.311 e. The monoisotopic (exact) mass is 411 g/mol. The summed E-state index contributed by atoms with van der Waals surface area (Å²) < 4.78 is 24.3. The number of sulfone groups is 1. The van der Waals surface area contributed by atoms with Crippen molar-refractivity contribution in [2.45, 2.75) is 69.9 Å². The molecular formula is C25H33NO2S. The van der Waals surface area contributed by atoms with Crippen LogP contribution in [-0.4, -0.2) is 32.0 Å². The van der Waals surface area contributed by atoms with Crippen LogP contribution in [0.25, 0.3) is 0 Å². The number of hydrogen-bond donors (Lipinski definition) is 1. The molecule has 2 unspecified atom stereocenters. The third-order valence-electron chi connectivity index (χ3n) is 6.36. The molecule has 0 amide bonds. The predicted octanol–water partition coefficient (Wildman–Crippen LogP) is 4.45. The second kappa shape index (κ2) is 9.01. The molecule has 0 aliphatic heterocycles. The summed E-state index contributed by atoms with van der Waals surface area (Å²) in [7, 11) is -2.94. The summed E-state index contributed by atoms with van der Waals surface area (Å²) in [5.41, 5.74) is 5.42. The van der Waals surface area contributed by atoms with Gasteiger partial charge in [0.1, 0.15) is 0 Å². The van der Waals surface area contributed by atoms with Crippen molar-refractivity contribution in [1.82, 2.24) is 5.32 Å². The van der Waals surface area contributed by atoms with Gasteiger partial charge in [0, 0.05) is 23.8 Å². The molecule has 2 aliphatic carbocycles. The zero-order valence-corrected chi connectivity index (χ0v) is 18.3. The maximum atomic E-state index is 12.2. The molecule has 4 rings (SSSR count). The quantitative estimate of drug-likeness (QED) is 0.663. The van der Waals surface area contributed by atoms with Gasteiger partial charge in [-0.2, -0.15) is 0 Å². The van der Waals surface area contributed by atoms with Crippen LogP contribution in [0.2, 0.25) is 0 Å². The van der Waals surface area contributed by atoms with Crippen LogP contribution < -0.4 is 5.32 Å². The minimum Gasteiger partial charge on any atom is -0.311 e. The SMILES string of the molecule is CCCS(=O)(=O)CCc1ccc2c(c1)C(Cc1ccccc1)C(NC1CC1)CC2. The molecule has 0 saturated heterocycles. The van der Waals surface area contributed by atoms with Crippen LogP contribution in [-0.2, 0) is 29.1 Å². The summed E-state index contributed by atoms with van der Waals surface area (Å²) in [6.07, 6.45) is 7.25. The predicted molar refractivity (Wildman–Crippen MR) is 120 cm³/mol. The lowest BCUT2D eigenvalue weighted by Crippen LogP contribution is -2.40. The van der Waals surface area contributed by atoms with Gasteiger partial charge in [0.05, 0.1) is 5.75 Å². The normalized spacial score (nSPS) is 21.7. The smallest absolute Gasteiger partial charge is 0.150 e. The Morgan fingerprint density at radius 1 is 0.966 bits per heavy atom. The highest BCUT2D eigenvalue weighted by Crippen LogP contribution is 2.37. The van der Waals surface area contributed by atoms with Gasteiger partial charge in [0.2, 0.25) is 0 Å². The minimum absolute atomic E-state index is 0.257. The molecule has 2 aromatic carbocycles. The van der Waals surface area contributed by atoms with Crippen LogP contribution >= 0.6 is 0 Å². The lowest BCUT2D eigenvalue weighted by molar-refractivity contribution is 0.381. The summed E-state index contributed by atoms with van der Waals surface area (Å²) >= 11 is 0. The summed E-state index contributed by atoms with van der Waals surface area (Å²) in [5, 5.41) is 3.90. The molecule has 2 aliphatic rings. The molecule has 4 heteroatoms. The van der Waals surface area contributed by atoms with Crippen molar-refractivity contribution in [3.63, 3.8) is 0 Å². The molecule has 29 heavy (non-hydrogen) atoms. The lowest BCUT2D eigenvalue weighted by atomic mass is 9.75. The van der Waals surface area contributed by atoms with Crippen LogP contribution in [0.5, 0.6) is 0 Å². The van der Waals surface area contributed by atoms with E-state index in [-0.39, 0.29) is 5.75 Å². The molecule has 0 radical (unpaired) electrons. The van der Waals surface area contributed by atoms with Crippen molar-refractivity contribution in [2.24, 2.45) is 0 Å². The summed E-state index contributed by atoms with van der Waals surface area (Å²) in [5.74, 6) is 1.00. The van der Waals surface area contributed by atoms with E-state index in [9.17, 15) is 8.42 Å². The van der Waals surface area contributed by atoms with E-state index in [0.717, 1.165) is 18.4 Å². The van der Waals surface area contributed by atoms with E-state index in [0.29, 0.717) is 36.6 Å². The van der Waals surface area contributed by atoms with Crippen molar-refractivity contribution >= 4 is 9.84 Å². The Kier molecular flexibility index (Phi) is 6.41. The Labute approximate surface area is 175 Å². The van der Waals surface area contributed by atoms with Crippen molar-refractivity contribution in [2.75, 3.05) is 11.5 Å². The molecule has 2 atom stereocenters. The van der Waals surface area contributed by atoms with Gasteiger partial charge in [0.25, 0.3) is 0 Å². The molecule has 156 valence electrons. The van der Waals surface area contributed by atoms with Crippen molar-refractivity contribution < 1.29 is 8.42 Å². The zero-order valence-electron chi connectivity index (χ0n) is 17.4. The van der Waals surface area contributed by atoms with E-state index in [2.05, 4.69) is 53.8 Å². The standard InChI is InChI=1S/C25H33NO2S/c1-2-15-29(27,28)16-14-20-8-9-21-10-13-25(26-22-11-12-22)24(23(21)17-20)18-19-6-4-3-5-7-19/h3-9,17,22,24-26H,2,10-16,18H2,1H3. The van der Waals surface area contributed by atoms with Crippen LogP contribution in [0.15, 0.2) is 48.5 Å². The maximum absolute atomic E-state index is 12.2. The van der Waals surface area contributed by atoms with Gasteiger partial charge < -0.3 is 5.32 Å². The van der Waals surface area contributed by atoms with Gasteiger partial charge in [-0.3, -0.25) is 0 Å². The molecule has 1 fully saturated rings. The highest BCUT2D eigenvalue weighted by Gasteiger charge is 2.34. The molecule has 0 heterocycles. The van der Waals surface area contributed by atoms with Gasteiger partial charge in [-0.15, -0.1) is 0 Å². The Hall–Kier alpha value is -1.65. The maximum Gasteiger partial charge on any atom is 0.150 e. The van der Waals surface area contributed by atoms with Crippen LogP contribution in [0.4, 0.5) is 0 Å². The van der Waals surface area contributed by atoms with E-state index >= 15 is 0 Å². The average molecular weight is 412 g/mol. The summed E-state index contributed by atoms with van der Waals surface area (Å²) in [6, 6.07) is 18.7. The van der Waals surface area contributed by atoms with E-state index in [4.69, 9.17) is 0 Å². The number of aryl methyl sites for hydroxylation is 2. The first-order valence-electron chi connectivity index (χ1n) is 11.2. The Balaban J connectivity index is 1.57. The van der Waals surface area contributed by atoms with E-state index in [1.807, 2.05) is 6.92 Å². The molecule has 2 aromatic rings. The van der Waals surface area contributed by atoms with Gasteiger partial charge in [0.15, 0.2) is 9.84 Å². The highest BCUT2D eigenvalue weighted by molar-refractivity contribution is 7.91. The highest BCUT2D eigenvalue weighted by atomic mass is 32.2. The second-order valence-electron chi connectivity index (χ2n) is 8.82. The first-order valence-corrected chi connectivity index (χ1v) is 13.0. The number of rotatable bonds is 9.